The Morgan fingerprint density at radius 1 is 1.16 bits per heavy atom. The summed E-state index contributed by atoms with van der Waals surface area (Å²) in [5.41, 5.74) is 4.54. The topological polar surface area (TPSA) is 49.9 Å². The van der Waals surface area contributed by atoms with Crippen LogP contribution < -0.4 is 0 Å². The van der Waals surface area contributed by atoms with Gasteiger partial charge in [0.2, 0.25) is 0 Å². The van der Waals surface area contributed by atoms with Crippen LogP contribution in [0.3, 0.4) is 0 Å². The van der Waals surface area contributed by atoms with Crippen LogP contribution in [-0.4, -0.2) is 20.8 Å². The molecule has 0 spiro atoms. The first kappa shape index (κ1) is 11.5. The summed E-state index contributed by atoms with van der Waals surface area (Å²) in [5.74, 6) is 0. The molecule has 0 bridgehead atoms. The van der Waals surface area contributed by atoms with E-state index in [1.165, 1.54) is 6.21 Å². The second-order valence-corrected chi connectivity index (χ2v) is 4.34. The second-order valence-electron chi connectivity index (χ2n) is 4.34. The maximum absolute atomic E-state index is 8.87. The molecule has 0 aliphatic heterocycles. The lowest BCUT2D eigenvalue weighted by Gasteiger charge is -1.99. The summed E-state index contributed by atoms with van der Waals surface area (Å²) in [7, 11) is 0. The van der Waals surface area contributed by atoms with E-state index in [0.717, 1.165) is 28.2 Å². The van der Waals surface area contributed by atoms with Gasteiger partial charge in [-0.25, -0.2) is 4.98 Å². The Hall–Kier alpha value is -2.62. The van der Waals surface area contributed by atoms with Crippen LogP contribution in [0.5, 0.6) is 0 Å². The minimum atomic E-state index is 0.771. The molecule has 94 valence electrons. The molecule has 0 saturated carbocycles. The molecule has 1 aromatic carbocycles. The average Bonchev–Trinajstić information content (AvgIpc) is 2.81. The van der Waals surface area contributed by atoms with Gasteiger partial charge in [-0.1, -0.05) is 41.6 Å². The van der Waals surface area contributed by atoms with Crippen LogP contribution >= 0.6 is 0 Å². The van der Waals surface area contributed by atoms with Crippen molar-refractivity contribution < 1.29 is 5.21 Å². The van der Waals surface area contributed by atoms with Crippen molar-refractivity contribution in [3.05, 3.63) is 59.9 Å². The number of rotatable bonds is 2. The van der Waals surface area contributed by atoms with Gasteiger partial charge in [0.1, 0.15) is 5.65 Å². The van der Waals surface area contributed by atoms with E-state index >= 15 is 0 Å². The van der Waals surface area contributed by atoms with Crippen LogP contribution in [0.25, 0.3) is 16.9 Å². The highest BCUT2D eigenvalue weighted by molar-refractivity contribution is 5.89. The van der Waals surface area contributed by atoms with Crippen LogP contribution in [0.4, 0.5) is 0 Å². The number of benzene rings is 1. The number of fused-ring (bicyclic) bond motifs is 1. The third-order valence-electron chi connectivity index (χ3n) is 3.11. The summed E-state index contributed by atoms with van der Waals surface area (Å²) in [5, 5.41) is 12.0. The summed E-state index contributed by atoms with van der Waals surface area (Å²) >= 11 is 0. The molecule has 0 aliphatic carbocycles. The van der Waals surface area contributed by atoms with Crippen molar-refractivity contribution in [1.82, 2.24) is 9.38 Å². The van der Waals surface area contributed by atoms with Gasteiger partial charge in [-0.05, 0) is 18.6 Å². The van der Waals surface area contributed by atoms with E-state index in [1.807, 2.05) is 60.0 Å². The number of aromatic nitrogens is 2. The Kier molecular flexibility index (Phi) is 2.76. The number of nitrogens with zero attached hydrogens (tertiary/aromatic N) is 3. The molecule has 0 saturated heterocycles. The van der Waals surface area contributed by atoms with E-state index in [-0.39, 0.29) is 0 Å². The number of hydrogen-bond donors (Lipinski definition) is 1. The fraction of sp³-hybridized carbons (Fsp3) is 0.0667. The van der Waals surface area contributed by atoms with Gasteiger partial charge in [0.25, 0.3) is 0 Å². The molecule has 2 aromatic heterocycles. The van der Waals surface area contributed by atoms with E-state index in [9.17, 15) is 0 Å². The van der Waals surface area contributed by atoms with Gasteiger partial charge in [-0.15, -0.1) is 0 Å². The average molecular weight is 251 g/mol. The van der Waals surface area contributed by atoms with Crippen molar-refractivity contribution in [2.75, 3.05) is 0 Å². The second kappa shape index (κ2) is 4.57. The standard InChI is InChI=1S/C15H13N3O/c1-11-6-5-9-18-13(10-16-19)14(17-15(11)18)12-7-3-2-4-8-12/h2-10,19H,1H3/b16-10+. The summed E-state index contributed by atoms with van der Waals surface area (Å²) in [6.45, 7) is 2.01. The zero-order chi connectivity index (χ0) is 13.2. The van der Waals surface area contributed by atoms with Crippen LogP contribution in [0.2, 0.25) is 0 Å². The highest BCUT2D eigenvalue weighted by Gasteiger charge is 2.13. The van der Waals surface area contributed by atoms with Crippen LogP contribution in [0.15, 0.2) is 53.8 Å². The van der Waals surface area contributed by atoms with Gasteiger partial charge < -0.3 is 5.21 Å². The Bertz CT molecular complexity index is 745. The molecule has 1 N–H and O–H groups in total. The number of pyridine rings is 1. The lowest BCUT2D eigenvalue weighted by Crippen LogP contribution is -1.93. The van der Waals surface area contributed by atoms with Gasteiger partial charge in [-0.3, -0.25) is 4.40 Å². The summed E-state index contributed by atoms with van der Waals surface area (Å²) < 4.78 is 1.93. The van der Waals surface area contributed by atoms with Crippen molar-refractivity contribution >= 4 is 11.9 Å². The zero-order valence-corrected chi connectivity index (χ0v) is 10.5. The molecule has 0 atom stereocenters. The summed E-state index contributed by atoms with van der Waals surface area (Å²) in [6, 6.07) is 13.8. The molecule has 4 heteroatoms. The van der Waals surface area contributed by atoms with Crippen LogP contribution in [-0.2, 0) is 0 Å². The molecular formula is C15H13N3O. The van der Waals surface area contributed by atoms with E-state index in [2.05, 4.69) is 10.1 Å². The fourth-order valence-electron chi connectivity index (χ4n) is 2.21. The van der Waals surface area contributed by atoms with E-state index < -0.39 is 0 Å². The first-order chi connectivity index (χ1) is 9.31. The highest BCUT2D eigenvalue weighted by atomic mass is 16.4. The Morgan fingerprint density at radius 3 is 2.68 bits per heavy atom. The predicted octanol–water partition coefficient (Wildman–Crippen LogP) is 3.12. The predicted molar refractivity (Wildman–Crippen MR) is 74.7 cm³/mol. The van der Waals surface area contributed by atoms with Crippen molar-refractivity contribution in [2.24, 2.45) is 5.16 Å². The first-order valence-corrected chi connectivity index (χ1v) is 6.02. The van der Waals surface area contributed by atoms with Crippen LogP contribution in [0, 0.1) is 6.92 Å². The van der Waals surface area contributed by atoms with Crippen molar-refractivity contribution in [3.8, 4) is 11.3 Å². The molecule has 19 heavy (non-hydrogen) atoms. The zero-order valence-electron chi connectivity index (χ0n) is 10.5. The van der Waals surface area contributed by atoms with Crippen molar-refractivity contribution in [1.29, 1.82) is 0 Å². The fourth-order valence-corrected chi connectivity index (χ4v) is 2.21. The Labute approximate surface area is 110 Å². The molecule has 0 radical (unpaired) electrons. The Morgan fingerprint density at radius 2 is 1.95 bits per heavy atom. The minimum Gasteiger partial charge on any atom is -0.411 e. The molecule has 0 fully saturated rings. The summed E-state index contributed by atoms with van der Waals surface area (Å²) in [4.78, 5) is 4.66. The number of oxime groups is 1. The quantitative estimate of drug-likeness (QED) is 0.432. The molecule has 0 aliphatic rings. The van der Waals surface area contributed by atoms with Crippen molar-refractivity contribution in [3.63, 3.8) is 0 Å². The minimum absolute atomic E-state index is 0.771. The normalized spacial score (nSPS) is 11.4. The van der Waals surface area contributed by atoms with Gasteiger partial charge in [-0.2, -0.15) is 0 Å². The molecular weight excluding hydrogens is 238 g/mol. The van der Waals surface area contributed by atoms with E-state index in [1.54, 1.807) is 0 Å². The Balaban J connectivity index is 2.36. The summed E-state index contributed by atoms with van der Waals surface area (Å²) in [6.07, 6.45) is 3.33. The third kappa shape index (κ3) is 1.87. The number of hydrogen-bond acceptors (Lipinski definition) is 3. The van der Waals surface area contributed by atoms with E-state index in [0.29, 0.717) is 0 Å². The maximum Gasteiger partial charge on any atom is 0.140 e. The maximum atomic E-state index is 8.87. The van der Waals surface area contributed by atoms with Crippen LogP contribution in [0.1, 0.15) is 11.3 Å². The van der Waals surface area contributed by atoms with Gasteiger partial charge >= 0.3 is 0 Å². The van der Waals surface area contributed by atoms with Gasteiger partial charge in [0.05, 0.1) is 17.6 Å². The van der Waals surface area contributed by atoms with Gasteiger partial charge in [0, 0.05) is 11.8 Å². The highest BCUT2D eigenvalue weighted by Crippen LogP contribution is 2.24. The molecule has 0 amide bonds. The van der Waals surface area contributed by atoms with Gasteiger partial charge in [0.15, 0.2) is 0 Å². The molecule has 0 unspecified atom stereocenters. The first-order valence-electron chi connectivity index (χ1n) is 6.02. The van der Waals surface area contributed by atoms with Crippen molar-refractivity contribution in [2.45, 2.75) is 6.92 Å². The third-order valence-corrected chi connectivity index (χ3v) is 3.11. The van der Waals surface area contributed by atoms with E-state index in [4.69, 9.17) is 5.21 Å². The molecule has 3 aromatic rings. The molecule has 3 rings (SSSR count). The number of imidazole rings is 1. The SMILES string of the molecule is Cc1cccn2c(/C=N/O)c(-c3ccccc3)nc12. The molecule has 4 nitrogen and oxygen atoms in total. The smallest absolute Gasteiger partial charge is 0.140 e. The largest absolute Gasteiger partial charge is 0.411 e. The lowest BCUT2D eigenvalue weighted by atomic mass is 10.1. The number of aryl methyl sites for hydroxylation is 1. The molecule has 2 heterocycles. The lowest BCUT2D eigenvalue weighted by molar-refractivity contribution is 0.321. The monoisotopic (exact) mass is 251 g/mol.